The minimum atomic E-state index is -0.997. The molecule has 0 unspecified atom stereocenters. The van der Waals surface area contributed by atoms with Gasteiger partial charge in [-0.2, -0.15) is 0 Å². The van der Waals surface area contributed by atoms with E-state index in [-0.39, 0.29) is 5.92 Å². The second-order valence-electron chi connectivity index (χ2n) is 5.33. The van der Waals surface area contributed by atoms with Crippen LogP contribution in [0, 0.1) is 0 Å². The van der Waals surface area contributed by atoms with Crippen LogP contribution < -0.4 is 0 Å². The number of H-pyrrole nitrogens is 1. The van der Waals surface area contributed by atoms with Gasteiger partial charge in [-0.15, -0.1) is 0 Å². The molecule has 1 N–H and O–H groups in total. The zero-order valence-corrected chi connectivity index (χ0v) is 10.4. The molecule has 94 valence electrons. The van der Waals surface area contributed by atoms with Crippen LogP contribution in [0.5, 0.6) is 0 Å². The van der Waals surface area contributed by atoms with Crippen molar-refractivity contribution < 1.29 is 4.39 Å². The van der Waals surface area contributed by atoms with E-state index in [1.807, 2.05) is 18.3 Å². The molecule has 2 heterocycles. The first kappa shape index (κ1) is 11.4. The highest BCUT2D eigenvalue weighted by atomic mass is 19.1. The molecular formula is C14H16FN3. The Labute approximate surface area is 105 Å². The number of hydrogen-bond donors (Lipinski definition) is 1. The van der Waals surface area contributed by atoms with Gasteiger partial charge in [0.05, 0.1) is 5.69 Å². The molecule has 0 amide bonds. The number of aromatic amines is 1. The zero-order chi connectivity index (χ0) is 12.6. The van der Waals surface area contributed by atoms with Gasteiger partial charge >= 0.3 is 0 Å². The molecule has 0 atom stereocenters. The summed E-state index contributed by atoms with van der Waals surface area (Å²) in [5.74, 6) is 1.18. The molecule has 1 aliphatic rings. The fourth-order valence-corrected chi connectivity index (χ4v) is 2.55. The lowest BCUT2D eigenvalue weighted by molar-refractivity contribution is 0.0585. The van der Waals surface area contributed by atoms with Crippen LogP contribution in [0.25, 0.3) is 0 Å². The van der Waals surface area contributed by atoms with E-state index < -0.39 is 5.67 Å². The minimum absolute atomic E-state index is 0.256. The molecular weight excluding hydrogens is 229 g/mol. The second-order valence-corrected chi connectivity index (χ2v) is 5.33. The number of pyridine rings is 1. The first-order chi connectivity index (χ1) is 8.62. The monoisotopic (exact) mass is 245 g/mol. The van der Waals surface area contributed by atoms with Crippen molar-refractivity contribution in [2.45, 2.75) is 37.8 Å². The summed E-state index contributed by atoms with van der Waals surface area (Å²) in [4.78, 5) is 11.7. The molecule has 0 spiro atoms. The Kier molecular flexibility index (Phi) is 2.65. The van der Waals surface area contributed by atoms with Crippen molar-refractivity contribution in [3.63, 3.8) is 0 Å². The molecule has 1 saturated carbocycles. The quantitative estimate of drug-likeness (QED) is 0.903. The molecule has 3 rings (SSSR count). The van der Waals surface area contributed by atoms with Gasteiger partial charge < -0.3 is 4.98 Å². The number of halogens is 1. The number of aromatic nitrogens is 3. The van der Waals surface area contributed by atoms with Crippen LogP contribution in [0.3, 0.4) is 0 Å². The Balaban J connectivity index is 1.67. The summed E-state index contributed by atoms with van der Waals surface area (Å²) in [7, 11) is 0. The van der Waals surface area contributed by atoms with Gasteiger partial charge in [0.1, 0.15) is 11.5 Å². The van der Waals surface area contributed by atoms with Gasteiger partial charge in [-0.05, 0) is 37.5 Å². The molecule has 3 nitrogen and oxygen atoms in total. The lowest BCUT2D eigenvalue weighted by Gasteiger charge is -2.37. The first-order valence-corrected chi connectivity index (χ1v) is 6.24. The predicted octanol–water partition coefficient (Wildman–Crippen LogP) is 3.00. The fourth-order valence-electron chi connectivity index (χ4n) is 2.55. The molecule has 4 heteroatoms. The maximum absolute atomic E-state index is 13.4. The van der Waals surface area contributed by atoms with E-state index >= 15 is 0 Å². The van der Waals surface area contributed by atoms with Crippen LogP contribution in [0.1, 0.15) is 42.8 Å². The maximum Gasteiger partial charge on any atom is 0.109 e. The van der Waals surface area contributed by atoms with Gasteiger partial charge in [-0.3, -0.25) is 4.98 Å². The van der Waals surface area contributed by atoms with Gasteiger partial charge in [0.2, 0.25) is 0 Å². The van der Waals surface area contributed by atoms with Crippen molar-refractivity contribution in [2.75, 3.05) is 0 Å². The number of rotatable bonds is 3. The third kappa shape index (κ3) is 2.28. The zero-order valence-electron chi connectivity index (χ0n) is 10.4. The van der Waals surface area contributed by atoms with Gasteiger partial charge in [0.15, 0.2) is 0 Å². The Hall–Kier alpha value is -1.71. The van der Waals surface area contributed by atoms with Crippen molar-refractivity contribution in [3.8, 4) is 0 Å². The highest BCUT2D eigenvalue weighted by Gasteiger charge is 2.42. The predicted molar refractivity (Wildman–Crippen MR) is 67.1 cm³/mol. The number of nitrogens with one attached hydrogen (secondary N) is 1. The fraction of sp³-hybridized carbons (Fsp3) is 0.429. The SMILES string of the molecule is CC1(F)CC(c2nc(Cc3ccncc3)c[nH]2)C1. The number of nitrogens with zero attached hydrogens (tertiary/aromatic N) is 2. The van der Waals surface area contributed by atoms with Crippen molar-refractivity contribution in [1.29, 1.82) is 0 Å². The summed E-state index contributed by atoms with van der Waals surface area (Å²) in [6.45, 7) is 1.66. The largest absolute Gasteiger partial charge is 0.348 e. The van der Waals surface area contributed by atoms with Crippen LogP contribution >= 0.6 is 0 Å². The standard InChI is InChI=1S/C14H16FN3/c1-14(15)7-11(8-14)13-17-9-12(18-13)6-10-2-4-16-5-3-10/h2-5,9,11H,6-8H2,1H3,(H,17,18). The molecule has 0 aromatic carbocycles. The second kappa shape index (κ2) is 4.19. The first-order valence-electron chi connectivity index (χ1n) is 6.24. The molecule has 0 bridgehead atoms. The number of imidazole rings is 1. The van der Waals surface area contributed by atoms with Crippen LogP contribution in [0.4, 0.5) is 4.39 Å². The van der Waals surface area contributed by atoms with Gasteiger partial charge in [-0.1, -0.05) is 0 Å². The van der Waals surface area contributed by atoms with E-state index in [1.54, 1.807) is 19.3 Å². The van der Waals surface area contributed by atoms with E-state index in [4.69, 9.17) is 0 Å². The van der Waals surface area contributed by atoms with Crippen LogP contribution in [-0.4, -0.2) is 20.6 Å². The molecule has 1 fully saturated rings. The van der Waals surface area contributed by atoms with Gasteiger partial charge in [0.25, 0.3) is 0 Å². The topological polar surface area (TPSA) is 41.6 Å². The van der Waals surface area contributed by atoms with Crippen LogP contribution in [-0.2, 0) is 6.42 Å². The molecule has 2 aromatic rings. The summed E-state index contributed by atoms with van der Waals surface area (Å²) >= 11 is 0. The molecule has 2 aromatic heterocycles. The number of alkyl halides is 1. The maximum atomic E-state index is 13.4. The molecule has 1 aliphatic carbocycles. The van der Waals surface area contributed by atoms with Crippen LogP contribution in [0.15, 0.2) is 30.7 Å². The number of hydrogen-bond acceptors (Lipinski definition) is 2. The highest BCUT2D eigenvalue weighted by molar-refractivity contribution is 5.20. The Morgan fingerprint density at radius 2 is 2.11 bits per heavy atom. The average Bonchev–Trinajstić information content (AvgIpc) is 2.75. The lowest BCUT2D eigenvalue weighted by atomic mass is 9.73. The lowest BCUT2D eigenvalue weighted by Crippen LogP contribution is -2.35. The van der Waals surface area contributed by atoms with E-state index in [9.17, 15) is 4.39 Å². The van der Waals surface area contributed by atoms with E-state index in [0.29, 0.717) is 12.8 Å². The van der Waals surface area contributed by atoms with Crippen molar-refractivity contribution in [1.82, 2.24) is 15.0 Å². The normalized spacial score (nSPS) is 26.9. The van der Waals surface area contributed by atoms with E-state index in [0.717, 1.165) is 17.9 Å². The smallest absolute Gasteiger partial charge is 0.109 e. The van der Waals surface area contributed by atoms with Crippen molar-refractivity contribution in [3.05, 3.63) is 47.8 Å². The van der Waals surface area contributed by atoms with E-state index in [2.05, 4.69) is 15.0 Å². The Morgan fingerprint density at radius 1 is 1.39 bits per heavy atom. The van der Waals surface area contributed by atoms with Crippen LogP contribution in [0.2, 0.25) is 0 Å². The van der Waals surface area contributed by atoms with Crippen molar-refractivity contribution >= 4 is 0 Å². The summed E-state index contributed by atoms with van der Waals surface area (Å²) < 4.78 is 13.4. The highest BCUT2D eigenvalue weighted by Crippen LogP contribution is 2.45. The molecule has 0 saturated heterocycles. The van der Waals surface area contributed by atoms with E-state index in [1.165, 1.54) is 5.56 Å². The third-order valence-corrected chi connectivity index (χ3v) is 3.52. The summed E-state index contributed by atoms with van der Waals surface area (Å²) in [5, 5.41) is 0. The Morgan fingerprint density at radius 3 is 2.78 bits per heavy atom. The summed E-state index contributed by atoms with van der Waals surface area (Å²) in [6, 6.07) is 3.96. The molecule has 0 aliphatic heterocycles. The van der Waals surface area contributed by atoms with Gasteiger partial charge in [0, 0.05) is 30.9 Å². The summed E-state index contributed by atoms with van der Waals surface area (Å²) in [6.07, 6.45) is 7.43. The molecule has 0 radical (unpaired) electrons. The average molecular weight is 245 g/mol. The molecule has 18 heavy (non-hydrogen) atoms. The third-order valence-electron chi connectivity index (χ3n) is 3.52. The Bertz CT molecular complexity index is 525. The summed E-state index contributed by atoms with van der Waals surface area (Å²) in [5.41, 5.74) is 1.19. The van der Waals surface area contributed by atoms with Crippen molar-refractivity contribution in [2.24, 2.45) is 0 Å². The van der Waals surface area contributed by atoms with Gasteiger partial charge in [-0.25, -0.2) is 9.37 Å². The minimum Gasteiger partial charge on any atom is -0.348 e.